The van der Waals surface area contributed by atoms with Crippen LogP contribution in [0.3, 0.4) is 0 Å². The highest BCUT2D eigenvalue weighted by molar-refractivity contribution is 5.92. The van der Waals surface area contributed by atoms with E-state index in [-0.39, 0.29) is 23.7 Å². The molecule has 0 heterocycles. The quantitative estimate of drug-likeness (QED) is 0.401. The Morgan fingerprint density at radius 3 is 2.14 bits per heavy atom. The van der Waals surface area contributed by atoms with Gasteiger partial charge >= 0.3 is 0 Å². The molecule has 0 spiro atoms. The van der Waals surface area contributed by atoms with E-state index in [1.165, 1.54) is 0 Å². The summed E-state index contributed by atoms with van der Waals surface area (Å²) in [7, 11) is 0. The number of ketones is 1. The lowest BCUT2D eigenvalue weighted by molar-refractivity contribution is -0.130. The van der Waals surface area contributed by atoms with Gasteiger partial charge in [0.25, 0.3) is 0 Å². The maximum absolute atomic E-state index is 12.5. The average Bonchev–Trinajstić information content (AvgIpc) is 2.42. The molecule has 0 unspecified atom stereocenters. The van der Waals surface area contributed by atoms with Crippen LogP contribution in [0.15, 0.2) is 12.2 Å². The van der Waals surface area contributed by atoms with Gasteiger partial charge in [0.2, 0.25) is 5.91 Å². The number of nitrogens with one attached hydrogen (secondary N) is 2. The molecule has 4 N–H and O–H groups in total. The molecule has 0 aromatic heterocycles. The Balaban J connectivity index is 4.89. The first-order valence-electron chi connectivity index (χ1n) is 8.16. The Hall–Kier alpha value is -1.20. The van der Waals surface area contributed by atoms with Gasteiger partial charge in [0.1, 0.15) is 6.04 Å². The summed E-state index contributed by atoms with van der Waals surface area (Å²) in [4.78, 5) is 24.8. The minimum absolute atomic E-state index is 0.0652. The third-order valence-electron chi connectivity index (χ3n) is 3.43. The van der Waals surface area contributed by atoms with Crippen LogP contribution in [-0.2, 0) is 9.59 Å². The van der Waals surface area contributed by atoms with Crippen LogP contribution in [0.4, 0.5) is 0 Å². The summed E-state index contributed by atoms with van der Waals surface area (Å²) in [5.41, 5.74) is 6.24. The van der Waals surface area contributed by atoms with Crippen LogP contribution in [0.5, 0.6) is 0 Å². The van der Waals surface area contributed by atoms with E-state index >= 15 is 0 Å². The Labute approximate surface area is 135 Å². The van der Waals surface area contributed by atoms with Crippen molar-refractivity contribution in [1.82, 2.24) is 10.6 Å². The van der Waals surface area contributed by atoms with Crippen molar-refractivity contribution >= 4 is 11.7 Å². The second-order valence-electron chi connectivity index (χ2n) is 6.50. The molecule has 0 aromatic carbocycles. The molecule has 0 aliphatic carbocycles. The van der Waals surface area contributed by atoms with Crippen molar-refractivity contribution in [3.05, 3.63) is 12.2 Å². The van der Waals surface area contributed by atoms with Crippen LogP contribution in [0.1, 0.15) is 53.9 Å². The highest BCUT2D eigenvalue weighted by Crippen LogP contribution is 2.09. The van der Waals surface area contributed by atoms with E-state index in [4.69, 9.17) is 5.73 Å². The largest absolute Gasteiger partial charge is 0.345 e. The smallest absolute Gasteiger partial charge is 0.241 e. The number of unbranched alkanes of at least 4 members (excludes halogenated alkanes) is 1. The van der Waals surface area contributed by atoms with E-state index in [0.717, 1.165) is 18.4 Å². The summed E-state index contributed by atoms with van der Waals surface area (Å²) in [6.45, 7) is 13.9. The van der Waals surface area contributed by atoms with E-state index in [1.54, 1.807) is 0 Å². The second kappa shape index (κ2) is 10.5. The summed E-state index contributed by atoms with van der Waals surface area (Å²) in [6.07, 6.45) is 2.31. The Bertz CT molecular complexity index is 378. The highest BCUT2D eigenvalue weighted by Gasteiger charge is 2.27. The molecule has 128 valence electrons. The maximum Gasteiger partial charge on any atom is 0.241 e. The van der Waals surface area contributed by atoms with Crippen LogP contribution >= 0.6 is 0 Å². The molecule has 0 aromatic rings. The van der Waals surface area contributed by atoms with Crippen molar-refractivity contribution in [2.24, 2.45) is 11.7 Å². The zero-order valence-corrected chi connectivity index (χ0v) is 14.7. The van der Waals surface area contributed by atoms with Crippen molar-refractivity contribution in [2.45, 2.75) is 72.0 Å². The van der Waals surface area contributed by atoms with E-state index in [1.807, 2.05) is 34.6 Å². The van der Waals surface area contributed by atoms with Crippen LogP contribution in [0.25, 0.3) is 0 Å². The van der Waals surface area contributed by atoms with E-state index in [2.05, 4.69) is 17.2 Å². The molecule has 22 heavy (non-hydrogen) atoms. The Morgan fingerprint density at radius 2 is 1.73 bits per heavy atom. The van der Waals surface area contributed by atoms with Gasteiger partial charge in [-0.25, -0.2) is 0 Å². The standard InChI is InChI=1S/C17H33N3O2/c1-11(2)15(19-13(5)6)17(22)20-14(9-7-8-10-18)16(21)12(3)4/h12-15,19H,1,7-10,18H2,2-6H3,(H,20,22)/t14-,15-/m0/s1. The molecule has 0 radical (unpaired) electrons. The summed E-state index contributed by atoms with van der Waals surface area (Å²) in [5.74, 6) is -0.229. The molecule has 5 heteroatoms. The number of rotatable bonds is 11. The fourth-order valence-electron chi connectivity index (χ4n) is 2.21. The molecule has 0 aliphatic heterocycles. The molecule has 0 saturated heterocycles. The second-order valence-corrected chi connectivity index (χ2v) is 6.50. The molecule has 0 fully saturated rings. The number of nitrogens with two attached hydrogens (primary N) is 1. The first kappa shape index (κ1) is 20.8. The van der Waals surface area contributed by atoms with Crippen LogP contribution in [0, 0.1) is 5.92 Å². The molecule has 0 rings (SSSR count). The molecule has 0 bridgehead atoms. The van der Waals surface area contributed by atoms with E-state index in [9.17, 15) is 9.59 Å². The molecular weight excluding hydrogens is 278 g/mol. The minimum Gasteiger partial charge on any atom is -0.345 e. The van der Waals surface area contributed by atoms with Gasteiger partial charge in [0, 0.05) is 12.0 Å². The number of hydrogen-bond acceptors (Lipinski definition) is 4. The van der Waals surface area contributed by atoms with Gasteiger partial charge in [0.15, 0.2) is 5.78 Å². The van der Waals surface area contributed by atoms with Gasteiger partial charge in [-0.1, -0.05) is 26.0 Å². The monoisotopic (exact) mass is 311 g/mol. The fraction of sp³-hybridized carbons (Fsp3) is 0.765. The Morgan fingerprint density at radius 1 is 1.14 bits per heavy atom. The van der Waals surface area contributed by atoms with Gasteiger partial charge in [-0.2, -0.15) is 0 Å². The first-order chi connectivity index (χ1) is 10.2. The van der Waals surface area contributed by atoms with Crippen LogP contribution in [-0.4, -0.2) is 36.4 Å². The molecule has 1 amide bonds. The van der Waals surface area contributed by atoms with E-state index < -0.39 is 12.1 Å². The zero-order valence-electron chi connectivity index (χ0n) is 14.7. The normalized spacial score (nSPS) is 14.0. The summed E-state index contributed by atoms with van der Waals surface area (Å²) < 4.78 is 0. The number of amides is 1. The molecule has 0 saturated carbocycles. The lowest BCUT2D eigenvalue weighted by atomic mass is 9.96. The average molecular weight is 311 g/mol. The maximum atomic E-state index is 12.5. The van der Waals surface area contributed by atoms with Gasteiger partial charge < -0.3 is 16.4 Å². The molecule has 2 atom stereocenters. The highest BCUT2D eigenvalue weighted by atomic mass is 16.2. The molecule has 0 aliphatic rings. The lowest BCUT2D eigenvalue weighted by Gasteiger charge is -2.25. The topological polar surface area (TPSA) is 84.2 Å². The van der Waals surface area contributed by atoms with Crippen molar-refractivity contribution in [1.29, 1.82) is 0 Å². The van der Waals surface area contributed by atoms with Gasteiger partial charge in [-0.15, -0.1) is 0 Å². The van der Waals surface area contributed by atoms with Crippen molar-refractivity contribution < 1.29 is 9.59 Å². The van der Waals surface area contributed by atoms with Crippen LogP contribution in [0.2, 0.25) is 0 Å². The van der Waals surface area contributed by atoms with Crippen LogP contribution < -0.4 is 16.4 Å². The predicted molar refractivity (Wildman–Crippen MR) is 91.6 cm³/mol. The number of hydrogen-bond donors (Lipinski definition) is 3. The molecule has 5 nitrogen and oxygen atoms in total. The first-order valence-corrected chi connectivity index (χ1v) is 8.16. The molecular formula is C17H33N3O2. The SMILES string of the molecule is C=C(C)[C@H](NC(C)C)C(=O)N[C@@H](CCCCN)C(=O)C(C)C. The van der Waals surface area contributed by atoms with Crippen molar-refractivity contribution in [3.8, 4) is 0 Å². The van der Waals surface area contributed by atoms with Gasteiger partial charge in [-0.3, -0.25) is 9.59 Å². The number of Topliss-reactive ketones (excluding diaryl/α,β-unsaturated/α-hetero) is 1. The predicted octanol–water partition coefficient (Wildman–Crippen LogP) is 1.77. The number of carbonyl (C=O) groups is 2. The fourth-order valence-corrected chi connectivity index (χ4v) is 2.21. The lowest BCUT2D eigenvalue weighted by Crippen LogP contribution is -2.52. The summed E-state index contributed by atoms with van der Waals surface area (Å²) in [6, 6.07) is -0.768. The zero-order chi connectivity index (χ0) is 17.3. The van der Waals surface area contributed by atoms with E-state index in [0.29, 0.717) is 13.0 Å². The van der Waals surface area contributed by atoms with Crippen molar-refractivity contribution in [2.75, 3.05) is 6.54 Å². The summed E-state index contributed by atoms with van der Waals surface area (Å²) in [5, 5.41) is 6.07. The number of carbonyl (C=O) groups excluding carboxylic acids is 2. The third-order valence-corrected chi connectivity index (χ3v) is 3.43. The minimum atomic E-state index is -0.475. The summed E-state index contributed by atoms with van der Waals surface area (Å²) >= 11 is 0. The van der Waals surface area contributed by atoms with Gasteiger partial charge in [-0.05, 0) is 46.6 Å². The third kappa shape index (κ3) is 7.71. The Kier molecular flexibility index (Phi) is 9.94. The van der Waals surface area contributed by atoms with Gasteiger partial charge in [0.05, 0.1) is 6.04 Å². The van der Waals surface area contributed by atoms with Crippen molar-refractivity contribution in [3.63, 3.8) is 0 Å².